The number of hydrogen-bond acceptors (Lipinski definition) is 5. The normalized spacial score (nSPS) is 10.8. The summed E-state index contributed by atoms with van der Waals surface area (Å²) in [7, 11) is 0. The van der Waals surface area contributed by atoms with Crippen LogP contribution in [0.2, 0.25) is 0 Å². The average molecular weight is 426 g/mol. The molecule has 1 heterocycles. The van der Waals surface area contributed by atoms with Gasteiger partial charge in [-0.25, -0.2) is 0 Å². The van der Waals surface area contributed by atoms with Crippen LogP contribution in [0, 0.1) is 18.3 Å². The highest BCUT2D eigenvalue weighted by Gasteiger charge is 2.14. The zero-order valence-corrected chi connectivity index (χ0v) is 17.6. The first-order valence-corrected chi connectivity index (χ1v) is 10.2. The van der Waals surface area contributed by atoms with Crippen LogP contribution in [0.3, 0.4) is 0 Å². The Bertz CT molecular complexity index is 1350. The maximum absolute atomic E-state index is 11.2. The molecule has 0 amide bonds. The van der Waals surface area contributed by atoms with E-state index in [1.807, 2.05) is 49.4 Å². The molecule has 0 aliphatic carbocycles. The standard InChI is InChI=1S/C26H22N2O4/c1-16-7-22-9-19(10-23(26(22)32-16)20-4-2-3-17(8-20)13-27)15-31-24-11-18(14-28)5-6-21(24)12-25(29)30/h2-11H,12-13,15,27H2,1H3,(H,29,30). The van der Waals surface area contributed by atoms with E-state index in [4.69, 9.17) is 14.9 Å². The van der Waals surface area contributed by atoms with E-state index in [9.17, 15) is 15.2 Å². The molecule has 6 heteroatoms. The molecule has 6 nitrogen and oxygen atoms in total. The van der Waals surface area contributed by atoms with Gasteiger partial charge in [0.15, 0.2) is 0 Å². The molecule has 1 aromatic heterocycles. The molecule has 0 saturated heterocycles. The van der Waals surface area contributed by atoms with Gasteiger partial charge < -0.3 is 20.0 Å². The van der Waals surface area contributed by atoms with Gasteiger partial charge >= 0.3 is 5.97 Å². The Hall–Kier alpha value is -4.08. The quantitative estimate of drug-likeness (QED) is 0.433. The van der Waals surface area contributed by atoms with Gasteiger partial charge in [0.25, 0.3) is 0 Å². The summed E-state index contributed by atoms with van der Waals surface area (Å²) in [5.41, 5.74) is 11.4. The van der Waals surface area contributed by atoms with Crippen molar-refractivity contribution in [3.8, 4) is 22.9 Å². The number of nitriles is 1. The summed E-state index contributed by atoms with van der Waals surface area (Å²) in [5.74, 6) is 0.235. The van der Waals surface area contributed by atoms with Gasteiger partial charge in [0.2, 0.25) is 0 Å². The van der Waals surface area contributed by atoms with Crippen LogP contribution in [0.1, 0.15) is 28.0 Å². The first-order valence-electron chi connectivity index (χ1n) is 10.2. The van der Waals surface area contributed by atoms with Crippen molar-refractivity contribution in [3.05, 3.63) is 88.7 Å². The highest BCUT2D eigenvalue weighted by molar-refractivity contribution is 5.93. The van der Waals surface area contributed by atoms with Gasteiger partial charge in [-0.2, -0.15) is 5.26 Å². The molecule has 0 radical (unpaired) electrons. The number of furan rings is 1. The van der Waals surface area contributed by atoms with E-state index in [1.165, 1.54) is 0 Å². The van der Waals surface area contributed by atoms with Crippen molar-refractivity contribution in [2.45, 2.75) is 26.5 Å². The molecule has 0 aliphatic heterocycles. The molecule has 3 aromatic carbocycles. The van der Waals surface area contributed by atoms with Gasteiger partial charge in [0.1, 0.15) is 23.7 Å². The molecule has 0 aliphatic rings. The minimum absolute atomic E-state index is 0.182. The summed E-state index contributed by atoms with van der Waals surface area (Å²) in [6.07, 6.45) is -0.182. The number of carboxylic acids is 1. The molecule has 0 unspecified atom stereocenters. The first kappa shape index (κ1) is 21.2. The average Bonchev–Trinajstić information content (AvgIpc) is 3.17. The van der Waals surface area contributed by atoms with Crippen molar-refractivity contribution in [1.82, 2.24) is 0 Å². The predicted octanol–water partition coefficient (Wildman–Crippen LogP) is 4.94. The number of ether oxygens (including phenoxy) is 1. The SMILES string of the molecule is Cc1cc2cc(COc3cc(C#N)ccc3CC(=O)O)cc(-c3cccc(CN)c3)c2o1. The second kappa shape index (κ2) is 8.96. The Balaban J connectivity index is 1.72. The summed E-state index contributed by atoms with van der Waals surface area (Å²) < 4.78 is 12.0. The van der Waals surface area contributed by atoms with Crippen LogP contribution in [0.15, 0.2) is 65.1 Å². The molecule has 4 aromatic rings. The van der Waals surface area contributed by atoms with E-state index < -0.39 is 5.97 Å². The van der Waals surface area contributed by atoms with Gasteiger partial charge in [-0.1, -0.05) is 24.3 Å². The fourth-order valence-corrected chi connectivity index (χ4v) is 3.74. The number of aliphatic carboxylic acids is 1. The van der Waals surface area contributed by atoms with Gasteiger partial charge in [-0.05, 0) is 60.0 Å². The van der Waals surface area contributed by atoms with Crippen LogP contribution in [0.25, 0.3) is 22.1 Å². The van der Waals surface area contributed by atoms with Gasteiger partial charge in [-0.15, -0.1) is 0 Å². The summed E-state index contributed by atoms with van der Waals surface area (Å²) in [4.78, 5) is 11.2. The van der Waals surface area contributed by atoms with E-state index in [2.05, 4.69) is 6.07 Å². The van der Waals surface area contributed by atoms with E-state index in [0.29, 0.717) is 23.4 Å². The number of benzene rings is 3. The Labute approximate surface area is 185 Å². The third-order valence-electron chi connectivity index (χ3n) is 5.21. The van der Waals surface area contributed by atoms with Crippen LogP contribution in [-0.2, 0) is 24.4 Å². The van der Waals surface area contributed by atoms with Crippen molar-refractivity contribution in [3.63, 3.8) is 0 Å². The van der Waals surface area contributed by atoms with Crippen molar-refractivity contribution in [2.24, 2.45) is 5.73 Å². The largest absolute Gasteiger partial charge is 0.489 e. The summed E-state index contributed by atoms with van der Waals surface area (Å²) >= 11 is 0. The van der Waals surface area contributed by atoms with E-state index in [0.717, 1.165) is 39.0 Å². The summed E-state index contributed by atoms with van der Waals surface area (Å²) in [6, 6.07) is 20.8. The lowest BCUT2D eigenvalue weighted by Crippen LogP contribution is -2.05. The molecule has 0 fully saturated rings. The fourth-order valence-electron chi connectivity index (χ4n) is 3.74. The Morgan fingerprint density at radius 2 is 1.97 bits per heavy atom. The minimum Gasteiger partial charge on any atom is -0.489 e. The van der Waals surface area contributed by atoms with Gasteiger partial charge in [0, 0.05) is 23.1 Å². The monoisotopic (exact) mass is 426 g/mol. The lowest BCUT2D eigenvalue weighted by Gasteiger charge is -2.13. The maximum atomic E-state index is 11.2. The lowest BCUT2D eigenvalue weighted by molar-refractivity contribution is -0.136. The number of rotatable bonds is 7. The second-order valence-electron chi connectivity index (χ2n) is 7.62. The summed E-state index contributed by atoms with van der Waals surface area (Å²) in [6.45, 7) is 2.56. The van der Waals surface area contributed by atoms with Crippen LogP contribution in [0.5, 0.6) is 5.75 Å². The molecule has 0 bridgehead atoms. The van der Waals surface area contributed by atoms with Crippen LogP contribution in [-0.4, -0.2) is 11.1 Å². The number of carbonyl (C=O) groups is 1. The van der Waals surface area contributed by atoms with Crippen molar-refractivity contribution in [2.75, 3.05) is 0 Å². The first-order chi connectivity index (χ1) is 15.5. The van der Waals surface area contributed by atoms with E-state index >= 15 is 0 Å². The van der Waals surface area contributed by atoms with Crippen molar-refractivity contribution in [1.29, 1.82) is 5.26 Å². The number of aryl methyl sites for hydroxylation is 1. The van der Waals surface area contributed by atoms with Gasteiger partial charge in [0.05, 0.1) is 18.1 Å². The third-order valence-corrected chi connectivity index (χ3v) is 5.21. The lowest BCUT2D eigenvalue weighted by atomic mass is 9.99. The molecule has 3 N–H and O–H groups in total. The molecule has 4 rings (SSSR count). The van der Waals surface area contributed by atoms with Crippen LogP contribution in [0.4, 0.5) is 0 Å². The van der Waals surface area contributed by atoms with Crippen LogP contribution < -0.4 is 10.5 Å². The van der Waals surface area contributed by atoms with E-state index in [-0.39, 0.29) is 13.0 Å². The Morgan fingerprint density at radius 3 is 2.72 bits per heavy atom. The highest BCUT2D eigenvalue weighted by Crippen LogP contribution is 2.33. The highest BCUT2D eigenvalue weighted by atomic mass is 16.5. The number of hydrogen-bond donors (Lipinski definition) is 2. The molecule has 0 spiro atoms. The molecule has 160 valence electrons. The molecular formula is C26H22N2O4. The zero-order valence-electron chi connectivity index (χ0n) is 17.6. The topological polar surface area (TPSA) is 109 Å². The maximum Gasteiger partial charge on any atom is 0.307 e. The van der Waals surface area contributed by atoms with E-state index in [1.54, 1.807) is 18.2 Å². The number of carboxylic acid groups (broad SMARTS) is 1. The van der Waals surface area contributed by atoms with Gasteiger partial charge in [-0.3, -0.25) is 4.79 Å². The molecular weight excluding hydrogens is 404 g/mol. The third kappa shape index (κ3) is 4.48. The second-order valence-corrected chi connectivity index (χ2v) is 7.62. The summed E-state index contributed by atoms with van der Waals surface area (Å²) in [5, 5.41) is 19.3. The number of nitrogens with zero attached hydrogens (tertiary/aromatic N) is 1. The van der Waals surface area contributed by atoms with Crippen LogP contribution >= 0.6 is 0 Å². The smallest absolute Gasteiger partial charge is 0.307 e. The van der Waals surface area contributed by atoms with Crippen molar-refractivity contribution < 1.29 is 19.1 Å². The minimum atomic E-state index is -0.961. The Morgan fingerprint density at radius 1 is 1.12 bits per heavy atom. The zero-order chi connectivity index (χ0) is 22.7. The predicted molar refractivity (Wildman–Crippen MR) is 121 cm³/mol. The number of nitrogens with two attached hydrogens (primary N) is 1. The fraction of sp³-hybridized carbons (Fsp3) is 0.154. The molecule has 0 atom stereocenters. The number of fused-ring (bicyclic) bond motifs is 1. The Kier molecular flexibility index (Phi) is 5.93. The molecule has 0 saturated carbocycles. The molecule has 32 heavy (non-hydrogen) atoms. The van der Waals surface area contributed by atoms with Crippen molar-refractivity contribution >= 4 is 16.9 Å².